The number of carbonyl (C=O) groups is 1. The molecule has 164 valence electrons. The molecule has 0 aliphatic heterocycles. The van der Waals surface area contributed by atoms with Crippen LogP contribution < -0.4 is 21.5 Å². The van der Waals surface area contributed by atoms with Gasteiger partial charge in [-0.1, -0.05) is 17.7 Å². The van der Waals surface area contributed by atoms with Crippen molar-refractivity contribution in [3.63, 3.8) is 0 Å². The largest absolute Gasteiger partial charge is 0.417 e. The Morgan fingerprint density at radius 1 is 1.13 bits per heavy atom. The third kappa shape index (κ3) is 5.78. The number of benzene rings is 2. The van der Waals surface area contributed by atoms with Gasteiger partial charge in [-0.05, 0) is 50.8 Å². The lowest BCUT2D eigenvalue weighted by Crippen LogP contribution is -2.29. The smallest absolute Gasteiger partial charge is 0.372 e. The first-order chi connectivity index (χ1) is 13.9. The van der Waals surface area contributed by atoms with E-state index in [4.69, 9.17) is 17.4 Å². The van der Waals surface area contributed by atoms with Crippen LogP contribution in [0.1, 0.15) is 21.5 Å². The van der Waals surface area contributed by atoms with E-state index in [1.54, 1.807) is 24.1 Å². The predicted molar refractivity (Wildman–Crippen MR) is 115 cm³/mol. The fourth-order valence-corrected chi connectivity index (χ4v) is 3.12. The lowest BCUT2D eigenvalue weighted by atomic mass is 10.1. The van der Waals surface area contributed by atoms with Gasteiger partial charge in [0, 0.05) is 31.4 Å². The Balaban J connectivity index is 2.41. The molecule has 6 nitrogen and oxygen atoms in total. The molecular formula is C20H25ClF3N5O. The van der Waals surface area contributed by atoms with Crippen molar-refractivity contribution in [1.29, 1.82) is 0 Å². The highest BCUT2D eigenvalue weighted by Gasteiger charge is 2.35. The Bertz CT molecular complexity index is 918. The summed E-state index contributed by atoms with van der Waals surface area (Å²) in [5.41, 5.74) is 3.25. The molecule has 0 aliphatic carbocycles. The summed E-state index contributed by atoms with van der Waals surface area (Å²) in [7, 11) is 5.37. The molecule has 0 saturated heterocycles. The number of hydrogen-bond donors (Lipinski definition) is 3. The molecule has 4 N–H and O–H groups in total. The molecule has 2 aromatic rings. The number of alkyl halides is 3. The first kappa shape index (κ1) is 23.8. The minimum atomic E-state index is -4.67. The SMILES string of the molecule is Cc1ccc(C(=O)Nc2cc(N(C)CCN(C)C)c(Cl)c(C(F)(F)F)c2)cc1NN. The number of likely N-dealkylation sites (N-methyl/N-ethyl adjacent to an activating group) is 2. The molecule has 0 radical (unpaired) electrons. The molecule has 0 spiro atoms. The van der Waals surface area contributed by atoms with Crippen LogP contribution in [0.15, 0.2) is 30.3 Å². The van der Waals surface area contributed by atoms with Crippen LogP contribution in [-0.4, -0.2) is 45.0 Å². The Morgan fingerprint density at radius 2 is 1.80 bits per heavy atom. The zero-order valence-corrected chi connectivity index (χ0v) is 17.9. The second-order valence-corrected chi connectivity index (χ2v) is 7.59. The van der Waals surface area contributed by atoms with Gasteiger partial charge >= 0.3 is 6.18 Å². The highest BCUT2D eigenvalue weighted by molar-refractivity contribution is 6.34. The number of amides is 1. The number of nitrogen functional groups attached to an aromatic ring is 1. The Kier molecular flexibility index (Phi) is 7.57. The summed E-state index contributed by atoms with van der Waals surface area (Å²) < 4.78 is 40.6. The Morgan fingerprint density at radius 3 is 2.37 bits per heavy atom. The van der Waals surface area contributed by atoms with Crippen LogP contribution in [0, 0.1) is 6.92 Å². The molecule has 0 aromatic heterocycles. The number of halogens is 4. The number of nitrogens with two attached hydrogens (primary N) is 1. The molecule has 2 aromatic carbocycles. The van der Waals surface area contributed by atoms with Crippen molar-refractivity contribution in [2.45, 2.75) is 13.1 Å². The molecule has 0 saturated carbocycles. The Hall–Kier alpha value is -2.49. The number of nitrogens with zero attached hydrogens (tertiary/aromatic N) is 2. The van der Waals surface area contributed by atoms with Crippen LogP contribution in [0.4, 0.5) is 30.2 Å². The molecule has 0 aliphatic rings. The predicted octanol–water partition coefficient (Wildman–Crippen LogP) is 4.20. The summed E-state index contributed by atoms with van der Waals surface area (Å²) in [5, 5.41) is 2.12. The molecule has 0 fully saturated rings. The standard InChI is InChI=1S/C20H25ClF3N5O/c1-12-5-6-13(9-16(12)27-25)19(30)26-14-10-15(20(22,23)24)18(21)17(11-14)29(4)8-7-28(2)3/h5-6,9-11,27H,7-8,25H2,1-4H3,(H,26,30). The van der Waals surface area contributed by atoms with E-state index in [0.29, 0.717) is 18.8 Å². The minimum Gasteiger partial charge on any atom is -0.372 e. The molecular weight excluding hydrogens is 419 g/mol. The van der Waals surface area contributed by atoms with Gasteiger partial charge in [-0.2, -0.15) is 13.2 Å². The van der Waals surface area contributed by atoms with E-state index >= 15 is 0 Å². The van der Waals surface area contributed by atoms with E-state index in [9.17, 15) is 18.0 Å². The number of nitrogens with one attached hydrogen (secondary N) is 2. The van der Waals surface area contributed by atoms with Gasteiger partial charge in [-0.25, -0.2) is 0 Å². The molecule has 0 unspecified atom stereocenters. The second-order valence-electron chi connectivity index (χ2n) is 7.21. The first-order valence-corrected chi connectivity index (χ1v) is 9.47. The maximum absolute atomic E-state index is 13.5. The first-order valence-electron chi connectivity index (χ1n) is 9.09. The number of carbonyl (C=O) groups excluding carboxylic acids is 1. The average Bonchev–Trinajstić information content (AvgIpc) is 2.66. The molecule has 0 heterocycles. The summed E-state index contributed by atoms with van der Waals surface area (Å²) in [6.45, 7) is 2.87. The van der Waals surface area contributed by atoms with E-state index in [1.165, 1.54) is 12.1 Å². The number of hydrogen-bond acceptors (Lipinski definition) is 5. The van der Waals surface area contributed by atoms with Gasteiger partial charge in [-0.15, -0.1) is 0 Å². The van der Waals surface area contributed by atoms with Crippen LogP contribution >= 0.6 is 11.6 Å². The average molecular weight is 444 g/mol. The maximum Gasteiger partial charge on any atom is 0.417 e. The van der Waals surface area contributed by atoms with Crippen molar-refractivity contribution in [3.05, 3.63) is 52.0 Å². The zero-order valence-electron chi connectivity index (χ0n) is 17.2. The van der Waals surface area contributed by atoms with E-state index < -0.39 is 22.7 Å². The highest BCUT2D eigenvalue weighted by atomic mass is 35.5. The van der Waals surface area contributed by atoms with Crippen molar-refractivity contribution in [2.24, 2.45) is 5.84 Å². The van der Waals surface area contributed by atoms with Crippen LogP contribution in [0.2, 0.25) is 5.02 Å². The lowest BCUT2D eigenvalue weighted by Gasteiger charge is -2.25. The second kappa shape index (κ2) is 9.55. The quantitative estimate of drug-likeness (QED) is 0.441. The Labute approximate surface area is 178 Å². The third-order valence-electron chi connectivity index (χ3n) is 4.57. The van der Waals surface area contributed by atoms with Crippen LogP contribution in [0.3, 0.4) is 0 Å². The van der Waals surface area contributed by atoms with E-state index in [-0.39, 0.29) is 16.9 Å². The van der Waals surface area contributed by atoms with Crippen molar-refractivity contribution >= 4 is 34.6 Å². The fraction of sp³-hybridized carbons (Fsp3) is 0.350. The zero-order chi connectivity index (χ0) is 22.6. The van der Waals surface area contributed by atoms with Crippen molar-refractivity contribution in [3.8, 4) is 0 Å². The summed E-state index contributed by atoms with van der Waals surface area (Å²) in [5.74, 6) is 4.86. The normalized spacial score (nSPS) is 11.5. The molecule has 1 amide bonds. The molecule has 0 bridgehead atoms. The van der Waals surface area contributed by atoms with Gasteiger partial charge in [-0.3, -0.25) is 10.6 Å². The van der Waals surface area contributed by atoms with Gasteiger partial charge < -0.3 is 20.5 Å². The van der Waals surface area contributed by atoms with Crippen molar-refractivity contribution in [1.82, 2.24) is 4.90 Å². The van der Waals surface area contributed by atoms with Gasteiger partial charge in [0.25, 0.3) is 5.91 Å². The van der Waals surface area contributed by atoms with Crippen molar-refractivity contribution in [2.75, 3.05) is 49.9 Å². The summed E-state index contributed by atoms with van der Waals surface area (Å²) in [6, 6.07) is 7.04. The highest BCUT2D eigenvalue weighted by Crippen LogP contribution is 2.41. The monoisotopic (exact) mass is 443 g/mol. The third-order valence-corrected chi connectivity index (χ3v) is 4.96. The maximum atomic E-state index is 13.5. The van der Waals surface area contributed by atoms with E-state index in [2.05, 4.69) is 10.7 Å². The molecule has 10 heteroatoms. The lowest BCUT2D eigenvalue weighted by molar-refractivity contribution is -0.137. The van der Waals surface area contributed by atoms with Crippen LogP contribution in [0.25, 0.3) is 0 Å². The van der Waals surface area contributed by atoms with Crippen LogP contribution in [-0.2, 0) is 6.18 Å². The summed E-state index contributed by atoms with van der Waals surface area (Å²) in [4.78, 5) is 16.1. The summed E-state index contributed by atoms with van der Waals surface area (Å²) >= 11 is 6.08. The van der Waals surface area contributed by atoms with Gasteiger partial charge in [0.15, 0.2) is 0 Å². The van der Waals surface area contributed by atoms with Crippen LogP contribution in [0.5, 0.6) is 0 Å². The molecule has 30 heavy (non-hydrogen) atoms. The number of anilines is 3. The number of rotatable bonds is 7. The topological polar surface area (TPSA) is 73.6 Å². The number of aryl methyl sites for hydroxylation is 1. The number of hydrazine groups is 1. The van der Waals surface area contributed by atoms with Gasteiger partial charge in [0.1, 0.15) is 0 Å². The van der Waals surface area contributed by atoms with Gasteiger partial charge in [0.2, 0.25) is 0 Å². The fourth-order valence-electron chi connectivity index (χ4n) is 2.76. The molecule has 0 atom stereocenters. The van der Waals surface area contributed by atoms with Gasteiger partial charge in [0.05, 0.1) is 22.0 Å². The van der Waals surface area contributed by atoms with E-state index in [1.807, 2.05) is 25.9 Å². The summed E-state index contributed by atoms with van der Waals surface area (Å²) in [6.07, 6.45) is -4.67. The molecule has 2 rings (SSSR count). The van der Waals surface area contributed by atoms with E-state index in [0.717, 1.165) is 11.6 Å². The minimum absolute atomic E-state index is 0.00809. The van der Waals surface area contributed by atoms with Crippen molar-refractivity contribution < 1.29 is 18.0 Å².